The summed E-state index contributed by atoms with van der Waals surface area (Å²) < 4.78 is 28.5. The molecule has 0 aliphatic heterocycles. The molecular formula is C17H12F2N2O3S. The number of halogens is 2. The maximum Gasteiger partial charge on any atom is 0.323 e. The van der Waals surface area contributed by atoms with Gasteiger partial charge in [-0.25, -0.2) is 8.78 Å². The fourth-order valence-electron chi connectivity index (χ4n) is 2.30. The van der Waals surface area contributed by atoms with Crippen LogP contribution in [-0.2, 0) is 11.3 Å². The second kappa shape index (κ2) is 6.56. The molecule has 0 atom stereocenters. The van der Waals surface area contributed by atoms with Crippen molar-refractivity contribution in [3.63, 3.8) is 0 Å². The maximum absolute atomic E-state index is 14.0. The third kappa shape index (κ3) is 3.34. The van der Waals surface area contributed by atoms with Gasteiger partial charge in [0.05, 0.1) is 10.2 Å². The Morgan fingerprint density at radius 1 is 1.16 bits per heavy atom. The molecule has 1 aromatic heterocycles. The van der Waals surface area contributed by atoms with Gasteiger partial charge in [0.25, 0.3) is 5.91 Å². The van der Waals surface area contributed by atoms with Gasteiger partial charge in [-0.1, -0.05) is 29.0 Å². The molecule has 3 aromatic rings. The van der Waals surface area contributed by atoms with Crippen LogP contribution in [0.4, 0.5) is 8.78 Å². The number of aromatic nitrogens is 1. The number of hydrogen-bond donors (Lipinski definition) is 1. The van der Waals surface area contributed by atoms with Gasteiger partial charge in [0.2, 0.25) is 0 Å². The van der Waals surface area contributed by atoms with Gasteiger partial charge in [-0.15, -0.1) is 0 Å². The minimum Gasteiger partial charge on any atom is -0.480 e. The molecule has 0 aliphatic carbocycles. The molecule has 1 amide bonds. The summed E-state index contributed by atoms with van der Waals surface area (Å²) in [5, 5.41) is 9.06. The van der Waals surface area contributed by atoms with Gasteiger partial charge in [-0.2, -0.15) is 4.99 Å². The molecular weight excluding hydrogens is 350 g/mol. The number of hydrogen-bond acceptors (Lipinski definition) is 3. The molecule has 0 unspecified atom stereocenters. The Kier molecular flexibility index (Phi) is 4.45. The lowest BCUT2D eigenvalue weighted by molar-refractivity contribution is -0.137. The zero-order valence-electron chi connectivity index (χ0n) is 13.0. The van der Waals surface area contributed by atoms with Crippen LogP contribution in [0.5, 0.6) is 0 Å². The molecule has 25 heavy (non-hydrogen) atoms. The number of carbonyl (C=O) groups is 2. The number of fused-ring (bicyclic) bond motifs is 1. The van der Waals surface area contributed by atoms with Crippen LogP contribution < -0.4 is 4.80 Å². The van der Waals surface area contributed by atoms with Gasteiger partial charge >= 0.3 is 5.97 Å². The van der Waals surface area contributed by atoms with Gasteiger partial charge in [-0.05, 0) is 31.2 Å². The molecule has 0 aliphatic rings. The Bertz CT molecular complexity index is 1050. The molecule has 5 nitrogen and oxygen atoms in total. The van der Waals surface area contributed by atoms with Crippen LogP contribution in [0.15, 0.2) is 41.4 Å². The molecule has 2 aromatic carbocycles. The van der Waals surface area contributed by atoms with Gasteiger partial charge in [0.15, 0.2) is 16.4 Å². The van der Waals surface area contributed by atoms with Gasteiger partial charge in [-0.3, -0.25) is 9.59 Å². The predicted molar refractivity (Wildman–Crippen MR) is 88.4 cm³/mol. The third-order valence-electron chi connectivity index (χ3n) is 3.53. The summed E-state index contributed by atoms with van der Waals surface area (Å²) in [7, 11) is 0. The van der Waals surface area contributed by atoms with E-state index in [0.717, 1.165) is 23.0 Å². The minimum atomic E-state index is -1.19. The summed E-state index contributed by atoms with van der Waals surface area (Å²) in [6.07, 6.45) is 0. The van der Waals surface area contributed by atoms with Crippen molar-refractivity contribution >= 4 is 33.4 Å². The van der Waals surface area contributed by atoms with Crippen molar-refractivity contribution < 1.29 is 23.5 Å². The number of thiazole rings is 1. The molecule has 128 valence electrons. The fraction of sp³-hybridized carbons (Fsp3) is 0.118. The Morgan fingerprint density at radius 2 is 1.84 bits per heavy atom. The summed E-state index contributed by atoms with van der Waals surface area (Å²) in [4.78, 5) is 27.3. The van der Waals surface area contributed by atoms with Crippen LogP contribution in [0.2, 0.25) is 0 Å². The zero-order valence-corrected chi connectivity index (χ0v) is 13.8. The van der Waals surface area contributed by atoms with E-state index in [0.29, 0.717) is 5.56 Å². The third-order valence-corrected chi connectivity index (χ3v) is 4.62. The Morgan fingerprint density at radius 3 is 2.48 bits per heavy atom. The molecule has 0 saturated carbocycles. The highest BCUT2D eigenvalue weighted by Gasteiger charge is 2.16. The molecule has 0 radical (unpaired) electrons. The first-order chi connectivity index (χ1) is 11.9. The second-order valence-corrected chi connectivity index (χ2v) is 6.33. The highest BCUT2D eigenvalue weighted by Crippen LogP contribution is 2.23. The highest BCUT2D eigenvalue weighted by atomic mass is 32.1. The number of aryl methyl sites for hydroxylation is 1. The van der Waals surface area contributed by atoms with Crippen LogP contribution in [0, 0.1) is 18.6 Å². The van der Waals surface area contributed by atoms with E-state index in [1.165, 1.54) is 10.6 Å². The predicted octanol–water partition coefficient (Wildman–Crippen LogP) is 3.12. The molecule has 0 spiro atoms. The molecule has 1 heterocycles. The van der Waals surface area contributed by atoms with E-state index in [-0.39, 0.29) is 15.0 Å². The SMILES string of the molecule is Cc1ccc(C(=O)/N=c2\sc3c(F)c(F)ccc3n2CC(=O)O)cc1. The van der Waals surface area contributed by atoms with E-state index < -0.39 is 30.1 Å². The summed E-state index contributed by atoms with van der Waals surface area (Å²) >= 11 is 0.730. The smallest absolute Gasteiger partial charge is 0.323 e. The lowest BCUT2D eigenvalue weighted by Crippen LogP contribution is -2.21. The van der Waals surface area contributed by atoms with Crippen molar-refractivity contribution in [3.05, 3.63) is 64.0 Å². The van der Waals surface area contributed by atoms with Crippen molar-refractivity contribution in [1.82, 2.24) is 4.57 Å². The average molecular weight is 362 g/mol. The van der Waals surface area contributed by atoms with E-state index in [1.807, 2.05) is 6.92 Å². The van der Waals surface area contributed by atoms with E-state index in [9.17, 15) is 18.4 Å². The average Bonchev–Trinajstić information content (AvgIpc) is 2.89. The lowest BCUT2D eigenvalue weighted by atomic mass is 10.1. The monoisotopic (exact) mass is 362 g/mol. The summed E-state index contributed by atoms with van der Waals surface area (Å²) in [5.74, 6) is -3.92. The topological polar surface area (TPSA) is 71.7 Å². The van der Waals surface area contributed by atoms with E-state index in [2.05, 4.69) is 4.99 Å². The first kappa shape index (κ1) is 17.0. The highest BCUT2D eigenvalue weighted by molar-refractivity contribution is 7.16. The Balaban J connectivity index is 2.19. The number of rotatable bonds is 3. The summed E-state index contributed by atoms with van der Waals surface area (Å²) in [5.41, 5.74) is 1.45. The van der Waals surface area contributed by atoms with Crippen molar-refractivity contribution in [2.45, 2.75) is 13.5 Å². The Hall–Kier alpha value is -2.87. The largest absolute Gasteiger partial charge is 0.480 e. The standard InChI is InChI=1S/C17H12F2N2O3S/c1-9-2-4-10(5-3-9)16(24)20-17-21(8-13(22)23)12-7-6-11(18)14(19)15(12)25-17/h2-7H,8H2,1H3,(H,22,23)/b20-17-. The first-order valence-electron chi connectivity index (χ1n) is 7.21. The van der Waals surface area contributed by atoms with Gasteiger partial charge in [0, 0.05) is 5.56 Å². The van der Waals surface area contributed by atoms with Crippen molar-refractivity contribution in [2.75, 3.05) is 0 Å². The Labute approximate surface area is 144 Å². The summed E-state index contributed by atoms with van der Waals surface area (Å²) in [6.45, 7) is 1.35. The first-order valence-corrected chi connectivity index (χ1v) is 8.03. The molecule has 0 saturated heterocycles. The number of carboxylic acid groups (broad SMARTS) is 1. The van der Waals surface area contributed by atoms with E-state index in [1.54, 1.807) is 24.3 Å². The molecule has 8 heteroatoms. The molecule has 0 bridgehead atoms. The minimum absolute atomic E-state index is 0.00697. The van der Waals surface area contributed by atoms with Crippen molar-refractivity contribution in [1.29, 1.82) is 0 Å². The number of aliphatic carboxylic acids is 1. The van der Waals surface area contributed by atoms with E-state index >= 15 is 0 Å². The van der Waals surface area contributed by atoms with Gasteiger partial charge in [0.1, 0.15) is 6.54 Å². The fourth-order valence-corrected chi connectivity index (χ4v) is 3.35. The molecule has 1 N–H and O–H groups in total. The molecule has 3 rings (SSSR count). The zero-order chi connectivity index (χ0) is 18.1. The van der Waals surface area contributed by atoms with Crippen molar-refractivity contribution in [3.8, 4) is 0 Å². The van der Waals surface area contributed by atoms with Crippen LogP contribution in [0.3, 0.4) is 0 Å². The van der Waals surface area contributed by atoms with Crippen LogP contribution in [0.1, 0.15) is 15.9 Å². The lowest BCUT2D eigenvalue weighted by Gasteiger charge is -2.01. The maximum atomic E-state index is 14.0. The van der Waals surface area contributed by atoms with Crippen LogP contribution in [-0.4, -0.2) is 21.6 Å². The second-order valence-electron chi connectivity index (χ2n) is 5.36. The number of benzene rings is 2. The van der Waals surface area contributed by atoms with Crippen molar-refractivity contribution in [2.24, 2.45) is 4.99 Å². The van der Waals surface area contributed by atoms with Crippen LogP contribution in [0.25, 0.3) is 10.2 Å². The quantitative estimate of drug-likeness (QED) is 0.778. The number of amides is 1. The summed E-state index contributed by atoms with van der Waals surface area (Å²) in [6, 6.07) is 8.85. The number of carboxylic acids is 1. The normalized spacial score (nSPS) is 11.9. The molecule has 0 fully saturated rings. The van der Waals surface area contributed by atoms with E-state index in [4.69, 9.17) is 5.11 Å². The number of nitrogens with zero attached hydrogens (tertiary/aromatic N) is 2. The number of carbonyl (C=O) groups excluding carboxylic acids is 1. The van der Waals surface area contributed by atoms with Crippen LogP contribution >= 0.6 is 11.3 Å². The van der Waals surface area contributed by atoms with Gasteiger partial charge < -0.3 is 9.67 Å².